The van der Waals surface area contributed by atoms with E-state index in [-0.39, 0.29) is 0 Å². The Balaban J connectivity index is 1.79. The molecule has 18 heavy (non-hydrogen) atoms. The van der Waals surface area contributed by atoms with Gasteiger partial charge in [0.2, 0.25) is 0 Å². The SMILES string of the molecule is c1ccc(-n2cnnc2CC2COCCN2)cc1. The zero-order valence-electron chi connectivity index (χ0n) is 10.1. The summed E-state index contributed by atoms with van der Waals surface area (Å²) in [7, 11) is 0. The molecule has 1 N–H and O–H groups in total. The van der Waals surface area contributed by atoms with Crippen molar-refractivity contribution in [2.24, 2.45) is 0 Å². The fourth-order valence-corrected chi connectivity index (χ4v) is 2.17. The first-order valence-corrected chi connectivity index (χ1v) is 6.19. The summed E-state index contributed by atoms with van der Waals surface area (Å²) >= 11 is 0. The molecule has 94 valence electrons. The normalized spacial score (nSPS) is 19.9. The summed E-state index contributed by atoms with van der Waals surface area (Å²) in [5.41, 5.74) is 1.09. The third kappa shape index (κ3) is 2.42. The maximum atomic E-state index is 5.46. The van der Waals surface area contributed by atoms with Crippen molar-refractivity contribution in [3.05, 3.63) is 42.5 Å². The van der Waals surface area contributed by atoms with Crippen molar-refractivity contribution in [3.8, 4) is 5.69 Å². The van der Waals surface area contributed by atoms with Gasteiger partial charge in [0.15, 0.2) is 0 Å². The fraction of sp³-hybridized carbons (Fsp3) is 0.385. The van der Waals surface area contributed by atoms with Crippen LogP contribution in [0, 0.1) is 0 Å². The Morgan fingerprint density at radius 3 is 3.00 bits per heavy atom. The molecule has 1 saturated heterocycles. The zero-order chi connectivity index (χ0) is 12.2. The average Bonchev–Trinajstić information content (AvgIpc) is 2.89. The Bertz CT molecular complexity index is 491. The van der Waals surface area contributed by atoms with Crippen molar-refractivity contribution >= 4 is 0 Å². The van der Waals surface area contributed by atoms with Crippen LogP contribution >= 0.6 is 0 Å². The molecule has 1 unspecified atom stereocenters. The number of benzene rings is 1. The molecule has 2 aromatic rings. The third-order valence-electron chi connectivity index (χ3n) is 3.08. The van der Waals surface area contributed by atoms with Crippen LogP contribution in [0.3, 0.4) is 0 Å². The first-order valence-electron chi connectivity index (χ1n) is 6.19. The van der Waals surface area contributed by atoms with Gasteiger partial charge in [0.1, 0.15) is 12.2 Å². The van der Waals surface area contributed by atoms with Gasteiger partial charge in [-0.2, -0.15) is 0 Å². The minimum absolute atomic E-state index is 0.324. The van der Waals surface area contributed by atoms with Gasteiger partial charge >= 0.3 is 0 Å². The molecule has 3 rings (SSSR count). The van der Waals surface area contributed by atoms with E-state index in [1.165, 1.54) is 0 Å². The topological polar surface area (TPSA) is 52.0 Å². The molecular formula is C13H16N4O. The molecule has 2 heterocycles. The van der Waals surface area contributed by atoms with E-state index in [9.17, 15) is 0 Å². The molecule has 1 aromatic carbocycles. The van der Waals surface area contributed by atoms with Gasteiger partial charge in [-0.25, -0.2) is 0 Å². The monoisotopic (exact) mass is 244 g/mol. The number of nitrogens with one attached hydrogen (secondary N) is 1. The highest BCUT2D eigenvalue weighted by atomic mass is 16.5. The Kier molecular flexibility index (Phi) is 3.34. The minimum Gasteiger partial charge on any atom is -0.379 e. The summed E-state index contributed by atoms with van der Waals surface area (Å²) in [6.45, 7) is 2.44. The first-order chi connectivity index (χ1) is 8.93. The van der Waals surface area contributed by atoms with Crippen LogP contribution in [0.4, 0.5) is 0 Å². The molecule has 0 spiro atoms. The van der Waals surface area contributed by atoms with Crippen molar-refractivity contribution in [2.45, 2.75) is 12.5 Å². The number of hydrogen-bond acceptors (Lipinski definition) is 4. The Labute approximate surface area is 106 Å². The second-order valence-corrected chi connectivity index (χ2v) is 4.38. The van der Waals surface area contributed by atoms with E-state index in [2.05, 4.69) is 27.6 Å². The molecule has 1 atom stereocenters. The van der Waals surface area contributed by atoms with Gasteiger partial charge in [-0.3, -0.25) is 4.57 Å². The van der Waals surface area contributed by atoms with Crippen molar-refractivity contribution in [1.29, 1.82) is 0 Å². The maximum Gasteiger partial charge on any atom is 0.139 e. The maximum absolute atomic E-state index is 5.46. The zero-order valence-corrected chi connectivity index (χ0v) is 10.1. The quantitative estimate of drug-likeness (QED) is 0.867. The first kappa shape index (κ1) is 11.4. The van der Waals surface area contributed by atoms with E-state index in [0.29, 0.717) is 6.04 Å². The van der Waals surface area contributed by atoms with Crippen LogP contribution in [-0.2, 0) is 11.2 Å². The van der Waals surface area contributed by atoms with Crippen LogP contribution in [0.5, 0.6) is 0 Å². The number of morpholine rings is 1. The molecule has 1 aromatic heterocycles. The second-order valence-electron chi connectivity index (χ2n) is 4.38. The summed E-state index contributed by atoms with van der Waals surface area (Å²) in [5, 5.41) is 11.6. The highest BCUT2D eigenvalue weighted by molar-refractivity contribution is 5.32. The van der Waals surface area contributed by atoms with E-state index in [4.69, 9.17) is 4.74 Å². The van der Waals surface area contributed by atoms with Gasteiger partial charge in [-0.05, 0) is 12.1 Å². The van der Waals surface area contributed by atoms with E-state index in [0.717, 1.165) is 37.7 Å². The van der Waals surface area contributed by atoms with Gasteiger partial charge < -0.3 is 10.1 Å². The summed E-state index contributed by atoms with van der Waals surface area (Å²) in [4.78, 5) is 0. The lowest BCUT2D eigenvalue weighted by Gasteiger charge is -2.23. The highest BCUT2D eigenvalue weighted by Crippen LogP contribution is 2.11. The smallest absolute Gasteiger partial charge is 0.139 e. The summed E-state index contributed by atoms with van der Waals surface area (Å²) in [6, 6.07) is 10.5. The van der Waals surface area contributed by atoms with Crippen LogP contribution in [0.1, 0.15) is 5.82 Å². The molecular weight excluding hydrogens is 228 g/mol. The van der Waals surface area contributed by atoms with E-state index >= 15 is 0 Å². The standard InChI is InChI=1S/C13H16N4O/c1-2-4-12(5-3-1)17-10-15-16-13(17)8-11-9-18-7-6-14-11/h1-5,10-11,14H,6-9H2. The summed E-state index contributed by atoms with van der Waals surface area (Å²) in [6.07, 6.45) is 2.59. The number of rotatable bonds is 3. The largest absolute Gasteiger partial charge is 0.379 e. The lowest BCUT2D eigenvalue weighted by molar-refractivity contribution is 0.0762. The Morgan fingerprint density at radius 1 is 1.33 bits per heavy atom. The van der Waals surface area contributed by atoms with Crippen LogP contribution < -0.4 is 5.32 Å². The van der Waals surface area contributed by atoms with Crippen molar-refractivity contribution in [1.82, 2.24) is 20.1 Å². The van der Waals surface area contributed by atoms with Crippen LogP contribution in [0.2, 0.25) is 0 Å². The molecule has 0 aliphatic carbocycles. The number of nitrogens with zero attached hydrogens (tertiary/aromatic N) is 3. The van der Waals surface area contributed by atoms with Gasteiger partial charge in [0.05, 0.1) is 13.2 Å². The Hall–Kier alpha value is -1.72. The van der Waals surface area contributed by atoms with Gasteiger partial charge in [0.25, 0.3) is 0 Å². The minimum atomic E-state index is 0.324. The molecule has 1 aliphatic heterocycles. The lowest BCUT2D eigenvalue weighted by atomic mass is 10.2. The molecule has 5 heteroatoms. The molecule has 5 nitrogen and oxygen atoms in total. The molecule has 0 saturated carbocycles. The lowest BCUT2D eigenvalue weighted by Crippen LogP contribution is -2.43. The van der Waals surface area contributed by atoms with Crippen molar-refractivity contribution in [3.63, 3.8) is 0 Å². The van der Waals surface area contributed by atoms with Crippen molar-refractivity contribution in [2.75, 3.05) is 19.8 Å². The third-order valence-corrected chi connectivity index (χ3v) is 3.08. The molecule has 0 radical (unpaired) electrons. The molecule has 0 bridgehead atoms. The number of aromatic nitrogens is 3. The summed E-state index contributed by atoms with van der Waals surface area (Å²) in [5.74, 6) is 0.962. The summed E-state index contributed by atoms with van der Waals surface area (Å²) < 4.78 is 7.48. The van der Waals surface area contributed by atoms with Gasteiger partial charge in [-0.15, -0.1) is 10.2 Å². The fourth-order valence-electron chi connectivity index (χ4n) is 2.17. The average molecular weight is 244 g/mol. The van der Waals surface area contributed by atoms with Gasteiger partial charge in [-0.1, -0.05) is 18.2 Å². The molecule has 1 aliphatic rings. The van der Waals surface area contributed by atoms with Crippen LogP contribution in [0.15, 0.2) is 36.7 Å². The second kappa shape index (κ2) is 5.29. The van der Waals surface area contributed by atoms with E-state index < -0.39 is 0 Å². The van der Waals surface area contributed by atoms with Crippen molar-refractivity contribution < 1.29 is 4.74 Å². The predicted octanol–water partition coefficient (Wildman–Crippen LogP) is 0.798. The van der Waals surface area contributed by atoms with Gasteiger partial charge in [0, 0.05) is 24.7 Å². The van der Waals surface area contributed by atoms with E-state index in [1.54, 1.807) is 6.33 Å². The number of hydrogen-bond donors (Lipinski definition) is 1. The predicted molar refractivity (Wildman–Crippen MR) is 67.7 cm³/mol. The number of para-hydroxylation sites is 1. The van der Waals surface area contributed by atoms with Crippen LogP contribution in [-0.4, -0.2) is 40.6 Å². The Morgan fingerprint density at radius 2 is 2.22 bits per heavy atom. The van der Waals surface area contributed by atoms with E-state index in [1.807, 2.05) is 22.8 Å². The van der Waals surface area contributed by atoms with Crippen LogP contribution in [0.25, 0.3) is 5.69 Å². The highest BCUT2D eigenvalue weighted by Gasteiger charge is 2.17. The molecule has 1 fully saturated rings. The number of ether oxygens (including phenoxy) is 1. The molecule has 0 amide bonds.